The molecule has 108 valence electrons. The molecule has 0 spiro atoms. The van der Waals surface area contributed by atoms with Crippen molar-refractivity contribution in [3.63, 3.8) is 0 Å². The second kappa shape index (κ2) is 5.51. The molecule has 0 atom stereocenters. The maximum atomic E-state index is 13.5. The number of nitrogen functional groups attached to an aromatic ring is 1. The summed E-state index contributed by atoms with van der Waals surface area (Å²) in [5, 5.41) is 3.48. The van der Waals surface area contributed by atoms with Crippen molar-refractivity contribution >= 4 is 15.7 Å². The minimum atomic E-state index is -4.22. The van der Waals surface area contributed by atoms with Crippen molar-refractivity contribution in [1.82, 2.24) is 14.9 Å². The van der Waals surface area contributed by atoms with Crippen LogP contribution in [0.15, 0.2) is 27.9 Å². The van der Waals surface area contributed by atoms with Gasteiger partial charge in [-0.15, -0.1) is 0 Å². The SMILES string of the molecule is Nc1cc(F)c(F)c(S(=O)(=O)NCCc2ncon2)c1. The fourth-order valence-electron chi connectivity index (χ4n) is 1.46. The summed E-state index contributed by atoms with van der Waals surface area (Å²) in [7, 11) is -4.22. The van der Waals surface area contributed by atoms with Crippen LogP contribution in [0.2, 0.25) is 0 Å². The van der Waals surface area contributed by atoms with Gasteiger partial charge in [0.05, 0.1) is 0 Å². The average Bonchev–Trinajstić information content (AvgIpc) is 2.86. The van der Waals surface area contributed by atoms with Gasteiger partial charge in [0, 0.05) is 18.7 Å². The number of nitrogens with one attached hydrogen (secondary N) is 1. The molecule has 0 aliphatic heterocycles. The molecule has 3 N–H and O–H groups in total. The Morgan fingerprint density at radius 2 is 2.10 bits per heavy atom. The van der Waals surface area contributed by atoms with Gasteiger partial charge in [-0.1, -0.05) is 5.16 Å². The molecule has 0 saturated carbocycles. The fourth-order valence-corrected chi connectivity index (χ4v) is 2.61. The molecule has 1 aromatic heterocycles. The first-order valence-electron chi connectivity index (χ1n) is 5.39. The molecule has 0 fully saturated rings. The highest BCUT2D eigenvalue weighted by Crippen LogP contribution is 2.20. The van der Waals surface area contributed by atoms with Gasteiger partial charge in [0.2, 0.25) is 16.4 Å². The van der Waals surface area contributed by atoms with Crippen LogP contribution in [-0.4, -0.2) is 25.1 Å². The second-order valence-corrected chi connectivity index (χ2v) is 5.55. The summed E-state index contributed by atoms with van der Waals surface area (Å²) in [5.74, 6) is -2.53. The van der Waals surface area contributed by atoms with E-state index >= 15 is 0 Å². The topological polar surface area (TPSA) is 111 Å². The van der Waals surface area contributed by atoms with E-state index in [-0.39, 0.29) is 24.5 Å². The third-order valence-corrected chi connectivity index (χ3v) is 3.81. The summed E-state index contributed by atoms with van der Waals surface area (Å²) in [6.07, 6.45) is 1.24. The normalized spacial score (nSPS) is 11.7. The molecule has 1 aromatic carbocycles. The zero-order valence-corrected chi connectivity index (χ0v) is 10.8. The van der Waals surface area contributed by atoms with Crippen LogP contribution in [0.4, 0.5) is 14.5 Å². The molecule has 1 heterocycles. The molecule has 2 rings (SSSR count). The summed E-state index contributed by atoms with van der Waals surface area (Å²) >= 11 is 0. The van der Waals surface area contributed by atoms with E-state index in [1.54, 1.807) is 0 Å². The van der Waals surface area contributed by atoms with Gasteiger partial charge in [-0.3, -0.25) is 0 Å². The first-order valence-corrected chi connectivity index (χ1v) is 6.88. The molecule has 0 radical (unpaired) electrons. The third-order valence-electron chi connectivity index (χ3n) is 2.35. The van der Waals surface area contributed by atoms with E-state index in [1.807, 2.05) is 0 Å². The van der Waals surface area contributed by atoms with E-state index in [0.29, 0.717) is 6.07 Å². The van der Waals surface area contributed by atoms with E-state index in [9.17, 15) is 17.2 Å². The van der Waals surface area contributed by atoms with Gasteiger partial charge < -0.3 is 10.3 Å². The molecule has 0 aliphatic carbocycles. The van der Waals surface area contributed by atoms with E-state index in [1.165, 1.54) is 0 Å². The van der Waals surface area contributed by atoms with Gasteiger partial charge in [-0.2, -0.15) is 4.98 Å². The number of nitrogens with zero attached hydrogens (tertiary/aromatic N) is 2. The van der Waals surface area contributed by atoms with Crippen LogP contribution in [-0.2, 0) is 16.4 Å². The van der Waals surface area contributed by atoms with Crippen molar-refractivity contribution in [1.29, 1.82) is 0 Å². The fraction of sp³-hybridized carbons (Fsp3) is 0.200. The van der Waals surface area contributed by atoms with Crippen LogP contribution >= 0.6 is 0 Å². The van der Waals surface area contributed by atoms with Crippen LogP contribution < -0.4 is 10.5 Å². The summed E-state index contributed by atoms with van der Waals surface area (Å²) in [5.41, 5.74) is 5.11. The van der Waals surface area contributed by atoms with Crippen LogP contribution in [0.25, 0.3) is 0 Å². The highest BCUT2D eigenvalue weighted by Gasteiger charge is 2.22. The smallest absolute Gasteiger partial charge is 0.243 e. The van der Waals surface area contributed by atoms with Crippen LogP contribution in [0, 0.1) is 11.6 Å². The van der Waals surface area contributed by atoms with E-state index < -0.39 is 26.6 Å². The van der Waals surface area contributed by atoms with E-state index in [2.05, 4.69) is 19.4 Å². The van der Waals surface area contributed by atoms with Gasteiger partial charge in [0.15, 0.2) is 17.5 Å². The predicted octanol–water partition coefficient (Wildman–Crippen LogP) is 0.451. The van der Waals surface area contributed by atoms with Gasteiger partial charge in [0.25, 0.3) is 0 Å². The van der Waals surface area contributed by atoms with E-state index in [0.717, 1.165) is 12.5 Å². The van der Waals surface area contributed by atoms with Crippen LogP contribution in [0.1, 0.15) is 5.82 Å². The minimum Gasteiger partial charge on any atom is -0.399 e. The van der Waals surface area contributed by atoms with Crippen molar-refractivity contribution in [3.8, 4) is 0 Å². The Bertz CT molecular complexity index is 704. The molecule has 20 heavy (non-hydrogen) atoms. The lowest BCUT2D eigenvalue weighted by atomic mass is 10.3. The molecule has 0 bridgehead atoms. The monoisotopic (exact) mass is 304 g/mol. The van der Waals surface area contributed by atoms with Crippen LogP contribution in [0.3, 0.4) is 0 Å². The van der Waals surface area contributed by atoms with Crippen molar-refractivity contribution in [2.75, 3.05) is 12.3 Å². The summed E-state index contributed by atoms with van der Waals surface area (Å²) in [6, 6.07) is 1.54. The van der Waals surface area contributed by atoms with Crippen LogP contribution in [0.5, 0.6) is 0 Å². The van der Waals surface area contributed by atoms with Gasteiger partial charge in [-0.05, 0) is 12.1 Å². The molecule has 0 unspecified atom stereocenters. The Labute approximate surface area is 112 Å². The van der Waals surface area contributed by atoms with Gasteiger partial charge >= 0.3 is 0 Å². The molecular formula is C10H10F2N4O3S. The summed E-state index contributed by atoms with van der Waals surface area (Å²) in [4.78, 5) is 2.84. The maximum absolute atomic E-state index is 13.5. The second-order valence-electron chi connectivity index (χ2n) is 3.81. The lowest BCUT2D eigenvalue weighted by Crippen LogP contribution is -2.27. The Hall–Kier alpha value is -2.07. The Balaban J connectivity index is 2.14. The number of hydrogen-bond acceptors (Lipinski definition) is 6. The van der Waals surface area contributed by atoms with Crippen molar-refractivity contribution in [3.05, 3.63) is 36.0 Å². The molecule has 7 nitrogen and oxygen atoms in total. The number of nitrogens with two attached hydrogens (primary N) is 1. The molecule has 0 aliphatic rings. The maximum Gasteiger partial charge on any atom is 0.243 e. The number of hydrogen-bond donors (Lipinski definition) is 2. The predicted molar refractivity (Wildman–Crippen MR) is 64.0 cm³/mol. The number of anilines is 1. The molecule has 2 aromatic rings. The number of rotatable bonds is 5. The lowest BCUT2D eigenvalue weighted by Gasteiger charge is -2.08. The minimum absolute atomic E-state index is 0.0995. The number of halogens is 2. The molecule has 0 saturated heterocycles. The standard InChI is InChI=1S/C10H10F2N4O3S/c11-7-3-6(13)4-8(10(7)12)20(17,18)15-2-1-9-14-5-19-16-9/h3-5,15H,1-2,13H2. The number of aromatic nitrogens is 2. The Morgan fingerprint density at radius 1 is 1.35 bits per heavy atom. The number of sulfonamides is 1. The average molecular weight is 304 g/mol. The summed E-state index contributed by atoms with van der Waals surface area (Å²) in [6.45, 7) is -0.0995. The quantitative estimate of drug-likeness (QED) is 0.776. The lowest BCUT2D eigenvalue weighted by molar-refractivity contribution is 0.409. The zero-order chi connectivity index (χ0) is 14.8. The molecule has 0 amide bonds. The highest BCUT2D eigenvalue weighted by atomic mass is 32.2. The van der Waals surface area contributed by atoms with Crippen molar-refractivity contribution in [2.24, 2.45) is 0 Å². The zero-order valence-electron chi connectivity index (χ0n) is 10.0. The Morgan fingerprint density at radius 3 is 2.75 bits per heavy atom. The highest BCUT2D eigenvalue weighted by molar-refractivity contribution is 7.89. The van der Waals surface area contributed by atoms with Crippen molar-refractivity contribution < 1.29 is 21.7 Å². The first kappa shape index (κ1) is 14.3. The number of benzene rings is 1. The first-order chi connectivity index (χ1) is 9.40. The van der Waals surface area contributed by atoms with E-state index in [4.69, 9.17) is 5.73 Å². The summed E-state index contributed by atoms with van der Waals surface area (Å²) < 4.78 is 56.9. The molecule has 10 heteroatoms. The van der Waals surface area contributed by atoms with Gasteiger partial charge in [0.1, 0.15) is 4.90 Å². The third kappa shape index (κ3) is 3.08. The van der Waals surface area contributed by atoms with Gasteiger partial charge in [-0.25, -0.2) is 21.9 Å². The largest absolute Gasteiger partial charge is 0.399 e. The Kier molecular flexibility index (Phi) is 3.95. The van der Waals surface area contributed by atoms with Crippen molar-refractivity contribution in [2.45, 2.75) is 11.3 Å². The molecular weight excluding hydrogens is 294 g/mol.